The molecule has 10 heteroatoms. The first-order chi connectivity index (χ1) is 17.2. The molecule has 0 atom stereocenters. The molecule has 2 N–H and O–H groups in total. The third-order valence-corrected chi connectivity index (χ3v) is 7.95. The Kier molecular flexibility index (Phi) is 7.48. The van der Waals surface area contributed by atoms with Gasteiger partial charge in [0, 0.05) is 32.2 Å². The summed E-state index contributed by atoms with van der Waals surface area (Å²) in [6, 6.07) is 4.22. The Labute approximate surface area is 218 Å². The molecule has 0 radical (unpaired) electrons. The molecule has 2 aliphatic heterocycles. The summed E-state index contributed by atoms with van der Waals surface area (Å²) in [6.07, 6.45) is 13.9. The highest BCUT2D eigenvalue weighted by atomic mass is 35.5. The van der Waals surface area contributed by atoms with E-state index in [9.17, 15) is 4.79 Å². The van der Waals surface area contributed by atoms with Crippen LogP contribution in [-0.4, -0.2) is 58.7 Å². The van der Waals surface area contributed by atoms with Crippen molar-refractivity contribution in [2.45, 2.75) is 75.9 Å². The lowest BCUT2D eigenvalue weighted by Crippen LogP contribution is -2.58. The first-order valence-corrected chi connectivity index (χ1v) is 13.3. The van der Waals surface area contributed by atoms with Crippen LogP contribution in [0.1, 0.15) is 64.2 Å². The van der Waals surface area contributed by atoms with Crippen LogP contribution in [0.25, 0.3) is 0 Å². The highest BCUT2D eigenvalue weighted by Crippen LogP contribution is 2.45. The van der Waals surface area contributed by atoms with Gasteiger partial charge in [0.1, 0.15) is 5.82 Å². The number of hydrogen-bond donors (Lipinski definition) is 2. The number of nitrogens with one attached hydrogen (secondary N) is 2. The van der Waals surface area contributed by atoms with Crippen LogP contribution in [0.2, 0.25) is 0 Å². The number of aromatic nitrogens is 3. The summed E-state index contributed by atoms with van der Waals surface area (Å²) >= 11 is 0. The van der Waals surface area contributed by atoms with E-state index in [1.54, 1.807) is 6.20 Å². The molecule has 1 saturated heterocycles. The standard InChI is InChI=1S/C26H35N7O2.ClH/c34-24-26(11-5-1-2-6-12-26)35-21-18-29-25(31-23(21)33(24)19-7-3-4-8-19)30-22-10-9-20(17-28-22)32-15-13-27-14-16-32;/h9-10,17-19,27H,1-8,11-16H2,(H,28,29,30,31);1H. The Bertz CT molecular complexity index is 1050. The Morgan fingerprint density at radius 1 is 0.972 bits per heavy atom. The molecule has 1 amide bonds. The van der Waals surface area contributed by atoms with Gasteiger partial charge in [-0.3, -0.25) is 9.69 Å². The van der Waals surface area contributed by atoms with Gasteiger partial charge < -0.3 is 20.3 Å². The first-order valence-electron chi connectivity index (χ1n) is 13.3. The van der Waals surface area contributed by atoms with Gasteiger partial charge in [-0.25, -0.2) is 9.97 Å². The molecule has 3 fully saturated rings. The monoisotopic (exact) mass is 513 g/mol. The maximum atomic E-state index is 14.0. The number of amides is 1. The largest absolute Gasteiger partial charge is 0.472 e. The van der Waals surface area contributed by atoms with E-state index < -0.39 is 5.60 Å². The number of nitrogens with zero attached hydrogens (tertiary/aromatic N) is 5. The molecule has 6 rings (SSSR count). The highest BCUT2D eigenvalue weighted by molar-refractivity contribution is 6.02. The lowest BCUT2D eigenvalue weighted by Gasteiger charge is -2.43. The molecule has 1 spiro atoms. The van der Waals surface area contributed by atoms with E-state index in [0.717, 1.165) is 96.1 Å². The van der Waals surface area contributed by atoms with Crippen LogP contribution in [0.15, 0.2) is 24.5 Å². The van der Waals surface area contributed by atoms with Gasteiger partial charge >= 0.3 is 0 Å². The van der Waals surface area contributed by atoms with Crippen molar-refractivity contribution in [2.75, 3.05) is 41.3 Å². The van der Waals surface area contributed by atoms with Gasteiger partial charge in [-0.1, -0.05) is 25.7 Å². The zero-order valence-electron chi connectivity index (χ0n) is 20.7. The smallest absolute Gasteiger partial charge is 0.272 e. The van der Waals surface area contributed by atoms with E-state index >= 15 is 0 Å². The number of carbonyl (C=O) groups excluding carboxylic acids is 1. The molecule has 4 aliphatic rings. The summed E-state index contributed by atoms with van der Waals surface area (Å²) in [5, 5.41) is 6.61. The van der Waals surface area contributed by atoms with Crippen molar-refractivity contribution in [2.24, 2.45) is 0 Å². The third-order valence-electron chi connectivity index (χ3n) is 7.95. The van der Waals surface area contributed by atoms with Crippen LogP contribution in [0.4, 0.5) is 23.3 Å². The predicted octanol–water partition coefficient (Wildman–Crippen LogP) is 4.21. The minimum Gasteiger partial charge on any atom is -0.472 e. The van der Waals surface area contributed by atoms with Crippen LogP contribution in [0.5, 0.6) is 5.75 Å². The average molecular weight is 514 g/mol. The van der Waals surface area contributed by atoms with E-state index in [1.165, 1.54) is 0 Å². The highest BCUT2D eigenvalue weighted by Gasteiger charge is 2.51. The summed E-state index contributed by atoms with van der Waals surface area (Å²) in [7, 11) is 0. The fourth-order valence-electron chi connectivity index (χ4n) is 6.04. The summed E-state index contributed by atoms with van der Waals surface area (Å²) in [5.74, 6) is 2.45. The molecule has 2 aromatic heterocycles. The van der Waals surface area contributed by atoms with Crippen molar-refractivity contribution in [3.8, 4) is 5.75 Å². The third kappa shape index (κ3) is 4.83. The number of fused-ring (bicyclic) bond motifs is 1. The van der Waals surface area contributed by atoms with Crippen molar-refractivity contribution < 1.29 is 9.53 Å². The van der Waals surface area contributed by atoms with Crippen molar-refractivity contribution in [1.82, 2.24) is 20.3 Å². The summed E-state index contributed by atoms with van der Waals surface area (Å²) in [6.45, 7) is 3.94. The molecule has 9 nitrogen and oxygen atoms in total. The second-order valence-corrected chi connectivity index (χ2v) is 10.3. The van der Waals surface area contributed by atoms with E-state index in [4.69, 9.17) is 9.72 Å². The molecule has 194 valence electrons. The van der Waals surface area contributed by atoms with Crippen molar-refractivity contribution in [3.05, 3.63) is 24.5 Å². The molecular formula is C26H36ClN7O2. The van der Waals surface area contributed by atoms with Crippen molar-refractivity contribution in [3.63, 3.8) is 0 Å². The Morgan fingerprint density at radius 3 is 2.42 bits per heavy atom. The number of ether oxygens (including phenoxy) is 1. The number of anilines is 4. The fourth-order valence-corrected chi connectivity index (χ4v) is 6.04. The van der Waals surface area contributed by atoms with E-state index in [0.29, 0.717) is 23.3 Å². The molecule has 0 unspecified atom stereocenters. The molecular weight excluding hydrogens is 478 g/mol. The number of pyridine rings is 1. The SMILES string of the molecule is Cl.O=C1N(C2CCCC2)c2nc(Nc3ccc(N4CCNCC4)cn3)ncc2OC12CCCCCC2. The molecule has 2 aromatic rings. The fraction of sp³-hybridized carbons (Fsp3) is 0.615. The van der Waals surface area contributed by atoms with Crippen molar-refractivity contribution in [1.29, 1.82) is 0 Å². The zero-order chi connectivity index (χ0) is 23.7. The van der Waals surface area contributed by atoms with Gasteiger partial charge in [0.2, 0.25) is 5.95 Å². The number of carbonyl (C=O) groups is 1. The predicted molar refractivity (Wildman–Crippen MR) is 143 cm³/mol. The lowest BCUT2D eigenvalue weighted by molar-refractivity contribution is -0.137. The maximum Gasteiger partial charge on any atom is 0.272 e. The van der Waals surface area contributed by atoms with E-state index in [-0.39, 0.29) is 24.4 Å². The summed E-state index contributed by atoms with van der Waals surface area (Å²) in [5.41, 5.74) is 0.356. The normalized spacial score (nSPS) is 21.9. The average Bonchev–Trinajstić information content (AvgIpc) is 3.32. The van der Waals surface area contributed by atoms with Crippen LogP contribution < -0.4 is 25.2 Å². The van der Waals surface area contributed by atoms with Crippen LogP contribution in [0, 0.1) is 0 Å². The minimum atomic E-state index is -0.758. The maximum absolute atomic E-state index is 14.0. The summed E-state index contributed by atoms with van der Waals surface area (Å²) in [4.78, 5) is 32.2. The molecule has 4 heterocycles. The quantitative estimate of drug-likeness (QED) is 0.627. The second-order valence-electron chi connectivity index (χ2n) is 10.3. The zero-order valence-corrected chi connectivity index (χ0v) is 21.6. The molecule has 36 heavy (non-hydrogen) atoms. The van der Waals surface area contributed by atoms with Gasteiger partial charge in [0.15, 0.2) is 17.2 Å². The van der Waals surface area contributed by atoms with E-state index in [1.807, 2.05) is 17.2 Å². The van der Waals surface area contributed by atoms with Gasteiger partial charge in [0.05, 0.1) is 18.1 Å². The molecule has 0 aromatic carbocycles. The Balaban J connectivity index is 0.00000267. The number of halogens is 1. The van der Waals surface area contributed by atoms with Gasteiger partial charge in [-0.2, -0.15) is 4.98 Å². The number of hydrogen-bond acceptors (Lipinski definition) is 8. The number of rotatable bonds is 4. The molecule has 2 saturated carbocycles. The Morgan fingerprint density at radius 2 is 1.72 bits per heavy atom. The molecule has 0 bridgehead atoms. The van der Waals surface area contributed by atoms with Crippen molar-refractivity contribution >= 4 is 41.6 Å². The van der Waals surface area contributed by atoms with Gasteiger partial charge in [-0.15, -0.1) is 12.4 Å². The lowest BCUT2D eigenvalue weighted by atomic mass is 9.90. The van der Waals surface area contributed by atoms with Gasteiger partial charge in [0.25, 0.3) is 5.91 Å². The topological polar surface area (TPSA) is 95.5 Å². The van der Waals surface area contributed by atoms with Gasteiger partial charge in [-0.05, 0) is 50.7 Å². The van der Waals surface area contributed by atoms with Crippen LogP contribution in [0.3, 0.4) is 0 Å². The minimum absolute atomic E-state index is 0. The number of piperazine rings is 1. The van der Waals surface area contributed by atoms with E-state index in [2.05, 4.69) is 31.6 Å². The first kappa shape index (κ1) is 25.0. The molecule has 2 aliphatic carbocycles. The van der Waals surface area contributed by atoms with Crippen LogP contribution >= 0.6 is 12.4 Å². The second kappa shape index (κ2) is 10.8. The Hall–Kier alpha value is -2.65. The summed E-state index contributed by atoms with van der Waals surface area (Å²) < 4.78 is 6.46. The van der Waals surface area contributed by atoms with Crippen LogP contribution in [-0.2, 0) is 4.79 Å².